The van der Waals surface area contributed by atoms with Crippen LogP contribution in [0.3, 0.4) is 0 Å². The van der Waals surface area contributed by atoms with Crippen molar-refractivity contribution in [1.82, 2.24) is 0 Å². The SMILES string of the molecule is CCCC[C@H]1CC[C@H](c2ccc(-c3ccc(C#N)cc3)cc2)CC1. The van der Waals surface area contributed by atoms with Crippen LogP contribution in [0, 0.1) is 17.2 Å². The van der Waals surface area contributed by atoms with Gasteiger partial charge in [0, 0.05) is 0 Å². The quantitative estimate of drug-likeness (QED) is 0.602. The summed E-state index contributed by atoms with van der Waals surface area (Å²) in [5.41, 5.74) is 4.64. The molecule has 0 spiro atoms. The third-order valence-corrected chi connectivity index (χ3v) is 5.54. The second-order valence-corrected chi connectivity index (χ2v) is 7.17. The number of rotatable bonds is 5. The maximum Gasteiger partial charge on any atom is 0.0991 e. The molecule has 0 aromatic heterocycles. The number of nitriles is 1. The number of hydrogen-bond donors (Lipinski definition) is 0. The molecule has 2 aromatic rings. The maximum atomic E-state index is 8.90. The topological polar surface area (TPSA) is 23.8 Å². The Labute approximate surface area is 146 Å². The van der Waals surface area contributed by atoms with Crippen molar-refractivity contribution in [2.24, 2.45) is 5.92 Å². The van der Waals surface area contributed by atoms with Crippen molar-refractivity contribution >= 4 is 0 Å². The van der Waals surface area contributed by atoms with Crippen LogP contribution in [-0.2, 0) is 0 Å². The molecule has 124 valence electrons. The minimum Gasteiger partial charge on any atom is -0.192 e. The Morgan fingerprint density at radius 3 is 2.00 bits per heavy atom. The zero-order valence-corrected chi connectivity index (χ0v) is 14.7. The van der Waals surface area contributed by atoms with Gasteiger partial charge in [-0.05, 0) is 66.3 Å². The number of hydrogen-bond acceptors (Lipinski definition) is 1. The summed E-state index contributed by atoms with van der Waals surface area (Å²) in [6.45, 7) is 2.29. The van der Waals surface area contributed by atoms with E-state index in [0.29, 0.717) is 0 Å². The van der Waals surface area contributed by atoms with Crippen LogP contribution in [0.1, 0.15) is 68.9 Å². The van der Waals surface area contributed by atoms with Gasteiger partial charge in [0.15, 0.2) is 0 Å². The molecule has 24 heavy (non-hydrogen) atoms. The summed E-state index contributed by atoms with van der Waals surface area (Å²) >= 11 is 0. The molecule has 0 amide bonds. The monoisotopic (exact) mass is 317 g/mol. The summed E-state index contributed by atoms with van der Waals surface area (Å²) in [5, 5.41) is 8.90. The van der Waals surface area contributed by atoms with E-state index < -0.39 is 0 Å². The van der Waals surface area contributed by atoms with E-state index in [9.17, 15) is 0 Å². The van der Waals surface area contributed by atoms with E-state index in [1.54, 1.807) is 0 Å². The predicted molar refractivity (Wildman–Crippen MR) is 101 cm³/mol. The van der Waals surface area contributed by atoms with Crippen LogP contribution in [0.4, 0.5) is 0 Å². The lowest BCUT2D eigenvalue weighted by Gasteiger charge is -2.29. The van der Waals surface area contributed by atoms with Crippen molar-refractivity contribution in [3.05, 3.63) is 59.7 Å². The molecule has 0 bridgehead atoms. The molecule has 0 unspecified atom stereocenters. The largest absolute Gasteiger partial charge is 0.192 e. The molecule has 1 saturated carbocycles. The van der Waals surface area contributed by atoms with Crippen molar-refractivity contribution in [2.75, 3.05) is 0 Å². The lowest BCUT2D eigenvalue weighted by Crippen LogP contribution is -2.13. The average Bonchev–Trinajstić information content (AvgIpc) is 2.67. The van der Waals surface area contributed by atoms with Gasteiger partial charge >= 0.3 is 0 Å². The van der Waals surface area contributed by atoms with Gasteiger partial charge in [-0.25, -0.2) is 0 Å². The van der Waals surface area contributed by atoms with Gasteiger partial charge in [0.25, 0.3) is 0 Å². The molecule has 0 radical (unpaired) electrons. The van der Waals surface area contributed by atoms with Crippen LogP contribution < -0.4 is 0 Å². The Morgan fingerprint density at radius 1 is 0.875 bits per heavy atom. The average molecular weight is 317 g/mol. The Morgan fingerprint density at radius 2 is 1.46 bits per heavy atom. The van der Waals surface area contributed by atoms with E-state index >= 15 is 0 Å². The molecule has 1 fully saturated rings. The fraction of sp³-hybridized carbons (Fsp3) is 0.435. The molecule has 1 nitrogen and oxygen atoms in total. The zero-order valence-electron chi connectivity index (χ0n) is 14.7. The highest BCUT2D eigenvalue weighted by Crippen LogP contribution is 2.38. The second-order valence-electron chi connectivity index (χ2n) is 7.17. The first-order chi connectivity index (χ1) is 11.8. The maximum absolute atomic E-state index is 8.90. The van der Waals surface area contributed by atoms with Crippen LogP contribution in [0.2, 0.25) is 0 Å². The van der Waals surface area contributed by atoms with E-state index in [1.807, 2.05) is 24.3 Å². The van der Waals surface area contributed by atoms with Crippen LogP contribution in [0.15, 0.2) is 48.5 Å². The van der Waals surface area contributed by atoms with E-state index in [-0.39, 0.29) is 0 Å². The standard InChI is InChI=1S/C23H27N/c1-2-3-4-18-5-9-20(10-6-18)22-13-15-23(16-14-22)21-11-7-19(17-24)8-12-21/h7-8,11-16,18,20H,2-6,9-10H2,1H3/t18-,20-. The summed E-state index contributed by atoms with van der Waals surface area (Å²) in [4.78, 5) is 0. The fourth-order valence-electron chi connectivity index (χ4n) is 3.96. The molecule has 1 aliphatic carbocycles. The van der Waals surface area contributed by atoms with E-state index in [4.69, 9.17) is 5.26 Å². The molecular formula is C23H27N. The van der Waals surface area contributed by atoms with Crippen molar-refractivity contribution in [2.45, 2.75) is 57.8 Å². The zero-order chi connectivity index (χ0) is 16.8. The molecule has 1 heteroatoms. The van der Waals surface area contributed by atoms with Gasteiger partial charge in [-0.15, -0.1) is 0 Å². The Kier molecular flexibility index (Phi) is 5.70. The van der Waals surface area contributed by atoms with Crippen molar-refractivity contribution in [3.63, 3.8) is 0 Å². The second kappa shape index (κ2) is 8.15. The molecule has 0 N–H and O–H groups in total. The minimum absolute atomic E-state index is 0.718. The number of unbranched alkanes of at least 4 members (excludes halogenated alkanes) is 1. The van der Waals surface area contributed by atoms with Crippen LogP contribution >= 0.6 is 0 Å². The summed E-state index contributed by atoms with van der Waals surface area (Å²) < 4.78 is 0. The molecule has 0 heterocycles. The number of benzene rings is 2. The first kappa shape index (κ1) is 16.8. The highest BCUT2D eigenvalue weighted by atomic mass is 14.3. The molecule has 3 rings (SSSR count). The van der Waals surface area contributed by atoms with E-state index in [2.05, 4.69) is 37.3 Å². The van der Waals surface area contributed by atoms with Crippen LogP contribution in [0.5, 0.6) is 0 Å². The van der Waals surface area contributed by atoms with Gasteiger partial charge in [0.2, 0.25) is 0 Å². The van der Waals surface area contributed by atoms with Gasteiger partial charge in [0.1, 0.15) is 0 Å². The van der Waals surface area contributed by atoms with Gasteiger partial charge < -0.3 is 0 Å². The first-order valence-electron chi connectivity index (χ1n) is 9.40. The highest BCUT2D eigenvalue weighted by Gasteiger charge is 2.21. The predicted octanol–water partition coefficient (Wildman–Crippen LogP) is 6.69. The number of nitrogens with zero attached hydrogens (tertiary/aromatic N) is 1. The lowest BCUT2D eigenvalue weighted by molar-refractivity contribution is 0.304. The van der Waals surface area contributed by atoms with E-state index in [0.717, 1.165) is 17.4 Å². The highest BCUT2D eigenvalue weighted by molar-refractivity contribution is 5.64. The third-order valence-electron chi connectivity index (χ3n) is 5.54. The molecule has 0 atom stereocenters. The Bertz CT molecular complexity index is 667. The van der Waals surface area contributed by atoms with Crippen molar-refractivity contribution < 1.29 is 0 Å². The molecular weight excluding hydrogens is 290 g/mol. The smallest absolute Gasteiger partial charge is 0.0991 e. The summed E-state index contributed by atoms with van der Waals surface area (Å²) in [5.74, 6) is 1.72. The minimum atomic E-state index is 0.718. The third kappa shape index (κ3) is 4.06. The van der Waals surface area contributed by atoms with Crippen LogP contribution in [-0.4, -0.2) is 0 Å². The van der Waals surface area contributed by atoms with E-state index in [1.165, 1.54) is 61.6 Å². The van der Waals surface area contributed by atoms with Gasteiger partial charge in [-0.1, -0.05) is 62.6 Å². The van der Waals surface area contributed by atoms with Gasteiger partial charge in [0.05, 0.1) is 11.6 Å². The fourth-order valence-corrected chi connectivity index (χ4v) is 3.96. The molecule has 0 aliphatic heterocycles. The summed E-state index contributed by atoms with van der Waals surface area (Å²) in [6, 6.07) is 19.1. The Balaban J connectivity index is 1.61. The molecule has 2 aromatic carbocycles. The molecule has 0 saturated heterocycles. The summed E-state index contributed by atoms with van der Waals surface area (Å²) in [6.07, 6.45) is 9.67. The molecule has 1 aliphatic rings. The Hall–Kier alpha value is -2.07. The summed E-state index contributed by atoms with van der Waals surface area (Å²) in [7, 11) is 0. The normalized spacial score (nSPS) is 20.5. The lowest BCUT2D eigenvalue weighted by atomic mass is 9.77. The van der Waals surface area contributed by atoms with Crippen molar-refractivity contribution in [1.29, 1.82) is 5.26 Å². The van der Waals surface area contributed by atoms with Gasteiger partial charge in [-0.3, -0.25) is 0 Å². The first-order valence-corrected chi connectivity index (χ1v) is 9.40. The van der Waals surface area contributed by atoms with Crippen molar-refractivity contribution in [3.8, 4) is 17.2 Å². The van der Waals surface area contributed by atoms with Gasteiger partial charge in [-0.2, -0.15) is 5.26 Å². The van der Waals surface area contributed by atoms with Crippen LogP contribution in [0.25, 0.3) is 11.1 Å².